The van der Waals surface area contributed by atoms with E-state index < -0.39 is 0 Å². The Morgan fingerprint density at radius 2 is 2.27 bits per heavy atom. The summed E-state index contributed by atoms with van der Waals surface area (Å²) in [5.74, 6) is 0.405. The number of benzene rings is 1. The molecule has 0 heterocycles. The Labute approximate surface area is 98.2 Å². The molecule has 0 spiro atoms. The quantitative estimate of drug-likeness (QED) is 0.894. The van der Waals surface area contributed by atoms with E-state index in [0.717, 1.165) is 29.4 Å². The lowest BCUT2D eigenvalue weighted by atomic mass is 10.1. The van der Waals surface area contributed by atoms with Crippen molar-refractivity contribution in [2.75, 3.05) is 5.32 Å². The van der Waals surface area contributed by atoms with Gasteiger partial charge in [0.25, 0.3) is 0 Å². The third-order valence-electron chi connectivity index (χ3n) is 2.65. The number of hydrogen-bond donors (Lipinski definition) is 1. The van der Waals surface area contributed by atoms with Crippen LogP contribution >= 0.6 is 15.9 Å². The summed E-state index contributed by atoms with van der Waals surface area (Å²) < 4.78 is 0.968. The van der Waals surface area contributed by atoms with Crippen molar-refractivity contribution in [2.45, 2.75) is 26.2 Å². The fraction of sp³-hybridized carbons (Fsp3) is 0.417. The number of aryl methyl sites for hydroxylation is 1. The van der Waals surface area contributed by atoms with Crippen LogP contribution < -0.4 is 5.32 Å². The molecule has 2 rings (SSSR count). The van der Waals surface area contributed by atoms with E-state index in [1.54, 1.807) is 0 Å². The van der Waals surface area contributed by atoms with Gasteiger partial charge in [-0.1, -0.05) is 13.0 Å². The molecule has 0 atom stereocenters. The van der Waals surface area contributed by atoms with Crippen molar-refractivity contribution in [1.29, 1.82) is 0 Å². The largest absolute Gasteiger partial charge is 0.325 e. The smallest absolute Gasteiger partial charge is 0.227 e. The van der Waals surface area contributed by atoms with Crippen molar-refractivity contribution in [3.63, 3.8) is 0 Å². The van der Waals surface area contributed by atoms with E-state index in [1.165, 1.54) is 5.56 Å². The average Bonchev–Trinajstić information content (AvgIpc) is 3.04. The lowest BCUT2D eigenvalue weighted by Gasteiger charge is -2.07. The maximum Gasteiger partial charge on any atom is 0.227 e. The van der Waals surface area contributed by atoms with E-state index in [9.17, 15) is 4.79 Å². The summed E-state index contributed by atoms with van der Waals surface area (Å²) in [5.41, 5.74) is 2.15. The van der Waals surface area contributed by atoms with Gasteiger partial charge in [0.05, 0.1) is 5.69 Å². The van der Waals surface area contributed by atoms with E-state index in [-0.39, 0.29) is 11.8 Å². The Morgan fingerprint density at radius 1 is 1.53 bits per heavy atom. The molecule has 0 aliphatic heterocycles. The minimum Gasteiger partial charge on any atom is -0.325 e. The van der Waals surface area contributed by atoms with E-state index in [2.05, 4.69) is 34.2 Å². The molecule has 0 bridgehead atoms. The van der Waals surface area contributed by atoms with E-state index >= 15 is 0 Å². The third-order valence-corrected chi connectivity index (χ3v) is 3.30. The van der Waals surface area contributed by atoms with Crippen molar-refractivity contribution < 1.29 is 4.79 Å². The van der Waals surface area contributed by atoms with Crippen molar-refractivity contribution >= 4 is 27.5 Å². The second kappa shape index (κ2) is 4.35. The van der Waals surface area contributed by atoms with Gasteiger partial charge >= 0.3 is 0 Å². The highest BCUT2D eigenvalue weighted by molar-refractivity contribution is 9.10. The molecule has 1 aromatic carbocycles. The van der Waals surface area contributed by atoms with Crippen molar-refractivity contribution in [3.05, 3.63) is 28.2 Å². The van der Waals surface area contributed by atoms with Gasteiger partial charge in [-0.15, -0.1) is 0 Å². The standard InChI is InChI=1S/C12H14BrNO/c1-2-8-3-6-11(10(13)7-8)14-12(15)9-4-5-9/h3,6-7,9H,2,4-5H2,1H3,(H,14,15). The van der Waals surface area contributed by atoms with Gasteiger partial charge in [0.15, 0.2) is 0 Å². The summed E-state index contributed by atoms with van der Waals surface area (Å²) in [5, 5.41) is 2.94. The molecule has 1 N–H and O–H groups in total. The number of anilines is 1. The molecule has 1 aromatic rings. The highest BCUT2D eigenvalue weighted by atomic mass is 79.9. The number of carbonyl (C=O) groups is 1. The Bertz CT molecular complexity index is 385. The predicted octanol–water partition coefficient (Wildman–Crippen LogP) is 3.36. The molecule has 0 radical (unpaired) electrons. The molecule has 1 amide bonds. The molecular formula is C12H14BrNO. The molecule has 0 aromatic heterocycles. The molecule has 3 heteroatoms. The number of hydrogen-bond acceptors (Lipinski definition) is 1. The zero-order chi connectivity index (χ0) is 10.8. The fourth-order valence-corrected chi connectivity index (χ4v) is 1.99. The first-order chi connectivity index (χ1) is 7.20. The summed E-state index contributed by atoms with van der Waals surface area (Å²) in [6, 6.07) is 6.07. The van der Waals surface area contributed by atoms with E-state index in [4.69, 9.17) is 0 Å². The van der Waals surface area contributed by atoms with Crippen molar-refractivity contribution in [1.82, 2.24) is 0 Å². The number of rotatable bonds is 3. The van der Waals surface area contributed by atoms with Crippen LogP contribution in [-0.4, -0.2) is 5.91 Å². The molecular weight excluding hydrogens is 254 g/mol. The van der Waals surface area contributed by atoms with Crippen molar-refractivity contribution in [2.24, 2.45) is 5.92 Å². The van der Waals surface area contributed by atoms with Crippen molar-refractivity contribution in [3.8, 4) is 0 Å². The summed E-state index contributed by atoms with van der Waals surface area (Å²) in [7, 11) is 0. The first-order valence-electron chi connectivity index (χ1n) is 5.30. The highest BCUT2D eigenvalue weighted by Crippen LogP contribution is 2.31. The van der Waals surface area contributed by atoms with Gasteiger partial charge in [-0.05, 0) is 52.9 Å². The number of halogens is 1. The van der Waals surface area contributed by atoms with Gasteiger partial charge in [-0.2, -0.15) is 0 Å². The molecule has 2 nitrogen and oxygen atoms in total. The van der Waals surface area contributed by atoms with Crippen LogP contribution in [0.3, 0.4) is 0 Å². The molecule has 15 heavy (non-hydrogen) atoms. The second-order valence-corrected chi connectivity index (χ2v) is 4.79. The van der Waals surface area contributed by atoms with Crippen LogP contribution in [0.2, 0.25) is 0 Å². The van der Waals surface area contributed by atoms with Crippen LogP contribution in [0, 0.1) is 5.92 Å². The van der Waals surface area contributed by atoms with Crippen LogP contribution in [0.4, 0.5) is 5.69 Å². The number of amides is 1. The summed E-state index contributed by atoms with van der Waals surface area (Å²) >= 11 is 3.47. The zero-order valence-electron chi connectivity index (χ0n) is 8.72. The van der Waals surface area contributed by atoms with Crippen LogP contribution in [0.5, 0.6) is 0 Å². The predicted molar refractivity (Wildman–Crippen MR) is 64.9 cm³/mol. The van der Waals surface area contributed by atoms with Gasteiger partial charge in [0.2, 0.25) is 5.91 Å². The SMILES string of the molecule is CCc1ccc(NC(=O)C2CC2)c(Br)c1. The van der Waals surface area contributed by atoms with Gasteiger partial charge in [0.1, 0.15) is 0 Å². The van der Waals surface area contributed by atoms with Gasteiger partial charge < -0.3 is 5.32 Å². The number of nitrogens with one attached hydrogen (secondary N) is 1. The molecule has 0 saturated heterocycles. The molecule has 1 aliphatic carbocycles. The topological polar surface area (TPSA) is 29.1 Å². The summed E-state index contributed by atoms with van der Waals surface area (Å²) in [6.45, 7) is 2.12. The molecule has 80 valence electrons. The number of carbonyl (C=O) groups excluding carboxylic acids is 1. The van der Waals surface area contributed by atoms with Crippen LogP contribution in [0.25, 0.3) is 0 Å². The minimum atomic E-state index is 0.153. The molecule has 1 saturated carbocycles. The Hall–Kier alpha value is -0.830. The second-order valence-electron chi connectivity index (χ2n) is 3.93. The lowest BCUT2D eigenvalue weighted by molar-refractivity contribution is -0.117. The van der Waals surface area contributed by atoms with E-state index in [0.29, 0.717) is 0 Å². The van der Waals surface area contributed by atoms with Gasteiger partial charge in [-0.25, -0.2) is 0 Å². The average molecular weight is 268 g/mol. The first-order valence-corrected chi connectivity index (χ1v) is 6.09. The maximum atomic E-state index is 11.5. The van der Waals surface area contributed by atoms with Crippen LogP contribution in [0.1, 0.15) is 25.3 Å². The van der Waals surface area contributed by atoms with Crippen LogP contribution in [0.15, 0.2) is 22.7 Å². The fourth-order valence-electron chi connectivity index (χ4n) is 1.46. The minimum absolute atomic E-state index is 0.153. The normalized spacial score (nSPS) is 15.1. The molecule has 1 aliphatic rings. The Kier molecular flexibility index (Phi) is 3.10. The maximum absolute atomic E-state index is 11.5. The highest BCUT2D eigenvalue weighted by Gasteiger charge is 2.29. The lowest BCUT2D eigenvalue weighted by Crippen LogP contribution is -2.13. The monoisotopic (exact) mass is 267 g/mol. The molecule has 1 fully saturated rings. The van der Waals surface area contributed by atoms with Gasteiger partial charge in [-0.3, -0.25) is 4.79 Å². The Morgan fingerprint density at radius 3 is 2.80 bits per heavy atom. The van der Waals surface area contributed by atoms with E-state index in [1.807, 2.05) is 12.1 Å². The summed E-state index contributed by atoms with van der Waals surface area (Å²) in [6.07, 6.45) is 3.09. The molecule has 0 unspecified atom stereocenters. The van der Waals surface area contributed by atoms with Crippen LogP contribution in [-0.2, 0) is 11.2 Å². The van der Waals surface area contributed by atoms with Gasteiger partial charge in [0, 0.05) is 10.4 Å². The Balaban J connectivity index is 2.10. The summed E-state index contributed by atoms with van der Waals surface area (Å²) in [4.78, 5) is 11.5. The first kappa shape index (κ1) is 10.7. The zero-order valence-corrected chi connectivity index (χ0v) is 10.3. The third kappa shape index (κ3) is 2.59.